The number of imide groups is 1. The predicted molar refractivity (Wildman–Crippen MR) is 102 cm³/mol. The summed E-state index contributed by atoms with van der Waals surface area (Å²) in [5.41, 5.74) is 0.969. The topological polar surface area (TPSA) is 104 Å². The van der Waals surface area contributed by atoms with Crippen molar-refractivity contribution >= 4 is 18.0 Å². The molecule has 1 aromatic rings. The number of urea groups is 1. The first-order valence-corrected chi connectivity index (χ1v) is 9.33. The first-order chi connectivity index (χ1) is 13.4. The Balaban J connectivity index is 1.70. The van der Waals surface area contributed by atoms with Crippen LogP contribution in [0.4, 0.5) is 4.79 Å². The summed E-state index contributed by atoms with van der Waals surface area (Å²) in [6.45, 7) is 4.45. The molecule has 152 valence electrons. The fraction of sp³-hybridized carbons (Fsp3) is 0.526. The predicted octanol–water partition coefficient (Wildman–Crippen LogP) is 0.709. The number of aliphatic hydroxyl groups excluding tert-OH is 1. The number of hydrogen-bond acceptors (Lipinski definition) is 7. The summed E-state index contributed by atoms with van der Waals surface area (Å²) in [6, 6.07) is 6.54. The Morgan fingerprint density at radius 2 is 2.04 bits per heavy atom. The van der Waals surface area contributed by atoms with Crippen molar-refractivity contribution in [1.82, 2.24) is 15.1 Å². The SMILES string of the molecule is CCCOC1=NC2C(C(=O)NC(=O)N2C)N1CC(O)COc1ccccc1C. The van der Waals surface area contributed by atoms with E-state index in [4.69, 9.17) is 9.47 Å². The number of carbonyl (C=O) groups is 2. The second-order valence-electron chi connectivity index (χ2n) is 6.91. The molecular weight excluding hydrogens is 364 g/mol. The van der Waals surface area contributed by atoms with Gasteiger partial charge in [0.25, 0.3) is 11.9 Å². The lowest BCUT2D eigenvalue weighted by molar-refractivity contribution is -0.127. The molecule has 1 aromatic carbocycles. The second kappa shape index (κ2) is 8.47. The summed E-state index contributed by atoms with van der Waals surface area (Å²) in [7, 11) is 1.57. The standard InChI is InChI=1S/C19H26N4O5/c1-4-9-27-19-20-16-15(17(25)21-18(26)22(16)3)23(19)10-13(24)11-28-14-8-6-5-7-12(14)2/h5-8,13,15-16,24H,4,9-11H2,1-3H3,(H,21,25,26). The molecule has 1 saturated heterocycles. The summed E-state index contributed by atoms with van der Waals surface area (Å²) in [5, 5.41) is 12.8. The molecule has 3 rings (SSSR count). The minimum Gasteiger partial charge on any atom is -0.491 e. The highest BCUT2D eigenvalue weighted by Gasteiger charge is 2.49. The van der Waals surface area contributed by atoms with Gasteiger partial charge in [-0.05, 0) is 25.0 Å². The number of benzene rings is 1. The molecule has 3 unspecified atom stereocenters. The van der Waals surface area contributed by atoms with Gasteiger partial charge in [0.2, 0.25) is 0 Å². The van der Waals surface area contributed by atoms with Gasteiger partial charge in [-0.25, -0.2) is 9.79 Å². The number of amides is 3. The molecule has 2 heterocycles. The Morgan fingerprint density at radius 3 is 2.75 bits per heavy atom. The second-order valence-corrected chi connectivity index (χ2v) is 6.91. The number of likely N-dealkylation sites (N-methyl/N-ethyl adjacent to an activating group) is 1. The van der Waals surface area contributed by atoms with Gasteiger partial charge in [0.15, 0.2) is 12.2 Å². The maximum absolute atomic E-state index is 12.4. The van der Waals surface area contributed by atoms with Crippen LogP contribution in [0.3, 0.4) is 0 Å². The lowest BCUT2D eigenvalue weighted by Gasteiger charge is -2.36. The van der Waals surface area contributed by atoms with E-state index < -0.39 is 30.2 Å². The third-order valence-electron chi connectivity index (χ3n) is 4.69. The van der Waals surface area contributed by atoms with E-state index in [0.29, 0.717) is 12.4 Å². The fourth-order valence-corrected chi connectivity index (χ4v) is 3.19. The fourth-order valence-electron chi connectivity index (χ4n) is 3.19. The third-order valence-corrected chi connectivity index (χ3v) is 4.69. The lowest BCUT2D eigenvalue weighted by Crippen LogP contribution is -2.64. The number of amidine groups is 1. The zero-order valence-electron chi connectivity index (χ0n) is 16.3. The van der Waals surface area contributed by atoms with E-state index in [2.05, 4.69) is 10.3 Å². The molecule has 0 spiro atoms. The molecule has 0 bridgehead atoms. The molecule has 28 heavy (non-hydrogen) atoms. The van der Waals surface area contributed by atoms with Gasteiger partial charge in [0, 0.05) is 7.05 Å². The van der Waals surface area contributed by atoms with Crippen molar-refractivity contribution < 1.29 is 24.2 Å². The number of nitrogens with zero attached hydrogens (tertiary/aromatic N) is 3. The van der Waals surface area contributed by atoms with Crippen molar-refractivity contribution in [1.29, 1.82) is 0 Å². The van der Waals surface area contributed by atoms with Crippen LogP contribution in [0, 0.1) is 6.92 Å². The molecule has 0 radical (unpaired) electrons. The number of ether oxygens (including phenoxy) is 2. The molecule has 3 amide bonds. The molecule has 0 aromatic heterocycles. The van der Waals surface area contributed by atoms with Gasteiger partial charge in [0.1, 0.15) is 18.5 Å². The van der Waals surface area contributed by atoms with Crippen LogP contribution in [0.15, 0.2) is 29.3 Å². The molecule has 0 aliphatic carbocycles. The highest BCUT2D eigenvalue weighted by Crippen LogP contribution is 2.25. The third kappa shape index (κ3) is 4.04. The number of nitrogens with one attached hydrogen (secondary N) is 1. The minimum absolute atomic E-state index is 0.0518. The molecule has 9 nitrogen and oxygen atoms in total. The summed E-state index contributed by atoms with van der Waals surface area (Å²) in [6.07, 6.45) is -0.802. The van der Waals surface area contributed by atoms with Crippen LogP contribution in [0.2, 0.25) is 0 Å². The van der Waals surface area contributed by atoms with E-state index >= 15 is 0 Å². The maximum atomic E-state index is 12.4. The molecule has 2 N–H and O–H groups in total. The maximum Gasteiger partial charge on any atom is 0.325 e. The Morgan fingerprint density at radius 1 is 1.29 bits per heavy atom. The summed E-state index contributed by atoms with van der Waals surface area (Å²) in [4.78, 5) is 31.7. The van der Waals surface area contributed by atoms with Gasteiger partial charge < -0.3 is 24.4 Å². The van der Waals surface area contributed by atoms with Crippen LogP contribution in [0.5, 0.6) is 5.75 Å². The first kappa shape index (κ1) is 19.9. The van der Waals surface area contributed by atoms with Gasteiger partial charge in [0.05, 0.1) is 13.2 Å². The van der Waals surface area contributed by atoms with Crippen LogP contribution >= 0.6 is 0 Å². The quantitative estimate of drug-likeness (QED) is 0.711. The molecule has 9 heteroatoms. The number of rotatable bonds is 7. The first-order valence-electron chi connectivity index (χ1n) is 9.33. The average molecular weight is 390 g/mol. The van der Waals surface area contributed by atoms with Crippen molar-refractivity contribution in [3.63, 3.8) is 0 Å². The molecule has 1 fully saturated rings. The van der Waals surface area contributed by atoms with E-state index in [1.165, 1.54) is 4.90 Å². The van der Waals surface area contributed by atoms with Crippen LogP contribution < -0.4 is 10.1 Å². The number of hydrogen-bond donors (Lipinski definition) is 2. The number of aliphatic imine (C=N–C) groups is 1. The van der Waals surface area contributed by atoms with Gasteiger partial charge in [-0.2, -0.15) is 0 Å². The van der Waals surface area contributed by atoms with Gasteiger partial charge in [-0.3, -0.25) is 10.1 Å². The van der Waals surface area contributed by atoms with E-state index in [-0.39, 0.29) is 19.2 Å². The van der Waals surface area contributed by atoms with E-state index in [1.54, 1.807) is 11.9 Å². The largest absolute Gasteiger partial charge is 0.491 e. The zero-order valence-corrected chi connectivity index (χ0v) is 16.3. The normalized spacial score (nSPS) is 22.5. The number of carbonyl (C=O) groups excluding carboxylic acids is 2. The molecule has 2 aliphatic heterocycles. The average Bonchev–Trinajstić information content (AvgIpc) is 3.02. The summed E-state index contributed by atoms with van der Waals surface area (Å²) >= 11 is 0. The van der Waals surface area contributed by atoms with Crippen LogP contribution in [-0.2, 0) is 9.53 Å². The molecule has 3 atom stereocenters. The van der Waals surface area contributed by atoms with Crippen LogP contribution in [-0.4, -0.2) is 78.0 Å². The molecule has 2 aliphatic rings. The summed E-state index contributed by atoms with van der Waals surface area (Å²) in [5.74, 6) is 0.233. The van der Waals surface area contributed by atoms with Gasteiger partial charge in [-0.15, -0.1) is 0 Å². The van der Waals surface area contributed by atoms with Crippen molar-refractivity contribution in [3.05, 3.63) is 29.8 Å². The van der Waals surface area contributed by atoms with Gasteiger partial charge in [-0.1, -0.05) is 25.1 Å². The van der Waals surface area contributed by atoms with Crippen molar-refractivity contribution in [2.24, 2.45) is 4.99 Å². The number of β-amino-alcohol motifs (C(OH)–C–C–N with tert-alkyl or cyclic N) is 1. The van der Waals surface area contributed by atoms with E-state index in [9.17, 15) is 14.7 Å². The number of fused-ring (bicyclic) bond motifs is 1. The Bertz CT molecular complexity index is 768. The Labute approximate surface area is 163 Å². The smallest absolute Gasteiger partial charge is 0.325 e. The molecular formula is C19H26N4O5. The zero-order chi connectivity index (χ0) is 20.3. The molecule has 0 saturated carbocycles. The van der Waals surface area contributed by atoms with Crippen LogP contribution in [0.25, 0.3) is 0 Å². The summed E-state index contributed by atoms with van der Waals surface area (Å²) < 4.78 is 11.4. The Kier molecular flexibility index (Phi) is 6.03. The van der Waals surface area contributed by atoms with E-state index in [1.807, 2.05) is 38.1 Å². The highest BCUT2D eigenvalue weighted by atomic mass is 16.5. The van der Waals surface area contributed by atoms with Crippen molar-refractivity contribution in [2.45, 2.75) is 38.6 Å². The van der Waals surface area contributed by atoms with Crippen LogP contribution in [0.1, 0.15) is 18.9 Å². The lowest BCUT2D eigenvalue weighted by atomic mass is 10.1. The van der Waals surface area contributed by atoms with Gasteiger partial charge >= 0.3 is 6.03 Å². The number of para-hydroxylation sites is 1. The Hall–Kier alpha value is -2.81. The minimum atomic E-state index is -0.885. The number of aryl methyl sites for hydroxylation is 1. The van der Waals surface area contributed by atoms with E-state index in [0.717, 1.165) is 12.0 Å². The number of aliphatic hydroxyl groups is 1. The monoisotopic (exact) mass is 390 g/mol. The van der Waals surface area contributed by atoms with Crippen molar-refractivity contribution in [3.8, 4) is 5.75 Å². The van der Waals surface area contributed by atoms with Crippen molar-refractivity contribution in [2.75, 3.05) is 26.8 Å². The highest BCUT2D eigenvalue weighted by molar-refractivity contribution is 6.03.